The molecule has 1 aliphatic carbocycles. The number of H-pyrrole nitrogens is 2. The van der Waals surface area contributed by atoms with E-state index in [1.165, 1.54) is 12.8 Å². The van der Waals surface area contributed by atoms with E-state index < -0.39 is 5.69 Å². The van der Waals surface area contributed by atoms with Crippen molar-refractivity contribution >= 4 is 17.5 Å². The molecular formula is C27H28FN3O2S. The molecule has 7 heteroatoms. The fourth-order valence-electron chi connectivity index (χ4n) is 4.94. The zero-order valence-corrected chi connectivity index (χ0v) is 19.8. The lowest BCUT2D eigenvalue weighted by atomic mass is 9.83. The Balaban J connectivity index is 1.35. The summed E-state index contributed by atoms with van der Waals surface area (Å²) in [6.07, 6.45) is 7.02. The van der Waals surface area contributed by atoms with Gasteiger partial charge in [0.2, 0.25) is 0 Å². The Labute approximate surface area is 202 Å². The third-order valence-corrected chi connectivity index (χ3v) is 7.79. The standard InChI is InChI=1S/C27H28FN3O2S/c28-24-17-21(34-31-14-4-5-15-31)12-13-22(24)19-8-10-20(11-9-19)25-23(26(32)30-27(33)29-25)16-18-6-2-1-3-7-18/h1-3,6-8,12-13,17,20H,4-5,9-11,14-16H2,(H2,29,30,32,33). The summed E-state index contributed by atoms with van der Waals surface area (Å²) in [6.45, 7) is 2.11. The normalized spacial score (nSPS) is 18.7. The van der Waals surface area contributed by atoms with Crippen molar-refractivity contribution in [2.45, 2.75) is 49.3 Å². The van der Waals surface area contributed by atoms with Crippen LogP contribution >= 0.6 is 11.9 Å². The van der Waals surface area contributed by atoms with Crippen LogP contribution in [0.2, 0.25) is 0 Å². The summed E-state index contributed by atoms with van der Waals surface area (Å²) in [6, 6.07) is 15.3. The van der Waals surface area contributed by atoms with Crippen LogP contribution in [0.3, 0.4) is 0 Å². The molecular weight excluding hydrogens is 449 g/mol. The molecule has 0 amide bonds. The van der Waals surface area contributed by atoms with Crippen molar-refractivity contribution < 1.29 is 4.39 Å². The van der Waals surface area contributed by atoms with Crippen LogP contribution in [-0.4, -0.2) is 27.4 Å². The Bertz CT molecular complexity index is 1310. The van der Waals surface area contributed by atoms with Gasteiger partial charge in [-0.25, -0.2) is 13.5 Å². The Morgan fingerprint density at radius 3 is 2.53 bits per heavy atom. The second-order valence-corrected chi connectivity index (χ2v) is 10.2. The average Bonchev–Trinajstić information content (AvgIpc) is 3.35. The fourth-order valence-corrected chi connectivity index (χ4v) is 5.96. The highest BCUT2D eigenvalue weighted by atomic mass is 32.2. The first kappa shape index (κ1) is 22.9. The van der Waals surface area contributed by atoms with Gasteiger partial charge >= 0.3 is 5.69 Å². The van der Waals surface area contributed by atoms with Gasteiger partial charge in [0, 0.05) is 47.1 Å². The van der Waals surface area contributed by atoms with Crippen LogP contribution in [0.15, 0.2) is 69.1 Å². The molecule has 5 nitrogen and oxygen atoms in total. The first-order valence-electron chi connectivity index (χ1n) is 11.9. The van der Waals surface area contributed by atoms with Crippen LogP contribution in [0.4, 0.5) is 4.39 Å². The molecule has 2 aliphatic rings. The lowest BCUT2D eigenvalue weighted by Crippen LogP contribution is -2.30. The molecule has 1 fully saturated rings. The number of aromatic nitrogens is 2. The summed E-state index contributed by atoms with van der Waals surface area (Å²) >= 11 is 1.63. The Hall–Kier alpha value is -2.90. The minimum absolute atomic E-state index is 0.0190. The van der Waals surface area contributed by atoms with Crippen molar-refractivity contribution in [3.8, 4) is 0 Å². The zero-order valence-electron chi connectivity index (χ0n) is 19.0. The van der Waals surface area contributed by atoms with Crippen molar-refractivity contribution in [1.82, 2.24) is 14.3 Å². The van der Waals surface area contributed by atoms with Crippen molar-refractivity contribution in [3.63, 3.8) is 0 Å². The van der Waals surface area contributed by atoms with Crippen LogP contribution < -0.4 is 11.2 Å². The molecule has 1 aliphatic heterocycles. The molecule has 34 heavy (non-hydrogen) atoms. The van der Waals surface area contributed by atoms with Gasteiger partial charge in [-0.3, -0.25) is 9.78 Å². The molecule has 3 aromatic rings. The van der Waals surface area contributed by atoms with Crippen LogP contribution in [0.25, 0.3) is 5.57 Å². The van der Waals surface area contributed by atoms with Gasteiger partial charge < -0.3 is 4.98 Å². The van der Waals surface area contributed by atoms with E-state index in [0.29, 0.717) is 36.1 Å². The van der Waals surface area contributed by atoms with E-state index in [4.69, 9.17) is 0 Å². The Morgan fingerprint density at radius 2 is 1.82 bits per heavy atom. The molecule has 0 bridgehead atoms. The van der Waals surface area contributed by atoms with E-state index in [-0.39, 0.29) is 17.3 Å². The molecule has 2 N–H and O–H groups in total. The number of aromatic amines is 2. The van der Waals surface area contributed by atoms with Gasteiger partial charge in [0.05, 0.1) is 0 Å². The molecule has 5 rings (SSSR count). The molecule has 2 aromatic carbocycles. The number of halogens is 1. The summed E-state index contributed by atoms with van der Waals surface area (Å²) < 4.78 is 17.3. The predicted octanol–water partition coefficient (Wildman–Crippen LogP) is 5.25. The van der Waals surface area contributed by atoms with E-state index in [0.717, 1.165) is 35.5 Å². The minimum Gasteiger partial charge on any atom is -0.311 e. The molecule has 0 radical (unpaired) electrons. The summed E-state index contributed by atoms with van der Waals surface area (Å²) in [5, 5.41) is 0. The maximum atomic E-state index is 15.0. The van der Waals surface area contributed by atoms with E-state index in [1.54, 1.807) is 18.0 Å². The highest BCUT2D eigenvalue weighted by Gasteiger charge is 2.24. The van der Waals surface area contributed by atoms with E-state index in [2.05, 4.69) is 20.3 Å². The monoisotopic (exact) mass is 477 g/mol. The first-order chi connectivity index (χ1) is 16.6. The summed E-state index contributed by atoms with van der Waals surface area (Å²) in [7, 11) is 0. The maximum absolute atomic E-state index is 15.0. The highest BCUT2D eigenvalue weighted by molar-refractivity contribution is 7.97. The molecule has 1 unspecified atom stereocenters. The maximum Gasteiger partial charge on any atom is 0.325 e. The number of nitrogens with one attached hydrogen (secondary N) is 2. The van der Waals surface area contributed by atoms with Gasteiger partial charge in [0.25, 0.3) is 5.56 Å². The van der Waals surface area contributed by atoms with Crippen LogP contribution in [0, 0.1) is 5.82 Å². The number of nitrogens with zero attached hydrogens (tertiary/aromatic N) is 1. The SMILES string of the molecule is O=c1[nH]c(C2CC=C(c3ccc(SN4CCCC4)cc3F)CC2)c(Cc2ccccc2)c(=O)[nH]1. The minimum atomic E-state index is -0.483. The van der Waals surface area contributed by atoms with E-state index in [1.807, 2.05) is 42.5 Å². The highest BCUT2D eigenvalue weighted by Crippen LogP contribution is 2.38. The number of rotatable bonds is 6. The number of benzene rings is 2. The zero-order chi connectivity index (χ0) is 23.5. The van der Waals surface area contributed by atoms with Gasteiger partial charge in [-0.15, -0.1) is 0 Å². The van der Waals surface area contributed by atoms with Gasteiger partial charge in [-0.05, 0) is 67.3 Å². The lowest BCUT2D eigenvalue weighted by Gasteiger charge is -2.24. The van der Waals surface area contributed by atoms with Crippen molar-refractivity contribution in [1.29, 1.82) is 0 Å². The van der Waals surface area contributed by atoms with Crippen LogP contribution in [0.1, 0.15) is 60.4 Å². The quantitative estimate of drug-likeness (QED) is 0.476. The summed E-state index contributed by atoms with van der Waals surface area (Å²) in [4.78, 5) is 30.9. The average molecular weight is 478 g/mol. The van der Waals surface area contributed by atoms with Crippen LogP contribution in [0.5, 0.6) is 0 Å². The molecule has 0 saturated carbocycles. The number of allylic oxidation sites excluding steroid dienone is 2. The molecule has 1 aromatic heterocycles. The lowest BCUT2D eigenvalue weighted by molar-refractivity contribution is 0.582. The third kappa shape index (κ3) is 5.10. The van der Waals surface area contributed by atoms with Gasteiger partial charge in [-0.2, -0.15) is 0 Å². The Morgan fingerprint density at radius 1 is 1.03 bits per heavy atom. The molecule has 176 valence electrons. The molecule has 1 saturated heterocycles. The number of hydrogen-bond acceptors (Lipinski definition) is 4. The largest absolute Gasteiger partial charge is 0.325 e. The van der Waals surface area contributed by atoms with Crippen molar-refractivity contribution in [3.05, 3.63) is 104 Å². The third-order valence-electron chi connectivity index (χ3n) is 6.70. The second-order valence-electron chi connectivity index (χ2n) is 9.03. The smallest absolute Gasteiger partial charge is 0.311 e. The van der Waals surface area contributed by atoms with Crippen molar-refractivity contribution in [2.24, 2.45) is 0 Å². The van der Waals surface area contributed by atoms with Gasteiger partial charge in [0.1, 0.15) is 5.82 Å². The first-order valence-corrected chi connectivity index (χ1v) is 12.7. The fraction of sp³-hybridized carbons (Fsp3) is 0.333. The Kier molecular flexibility index (Phi) is 6.83. The van der Waals surface area contributed by atoms with Crippen LogP contribution in [-0.2, 0) is 6.42 Å². The predicted molar refractivity (Wildman–Crippen MR) is 135 cm³/mol. The van der Waals surface area contributed by atoms with E-state index in [9.17, 15) is 14.0 Å². The van der Waals surface area contributed by atoms with Gasteiger partial charge in [-0.1, -0.05) is 42.5 Å². The van der Waals surface area contributed by atoms with E-state index >= 15 is 0 Å². The second kappa shape index (κ2) is 10.2. The molecule has 1 atom stereocenters. The van der Waals surface area contributed by atoms with Gasteiger partial charge in [0.15, 0.2) is 0 Å². The summed E-state index contributed by atoms with van der Waals surface area (Å²) in [5.74, 6) is -0.172. The number of hydrogen-bond donors (Lipinski definition) is 2. The van der Waals surface area contributed by atoms with Crippen molar-refractivity contribution in [2.75, 3.05) is 13.1 Å². The molecule has 0 spiro atoms. The topological polar surface area (TPSA) is 69.0 Å². The summed E-state index contributed by atoms with van der Waals surface area (Å²) in [5.41, 5.74) is 3.13. The molecule has 2 heterocycles.